The molecule has 0 aliphatic carbocycles. The van der Waals surface area contributed by atoms with E-state index in [1.54, 1.807) is 0 Å². The summed E-state index contributed by atoms with van der Waals surface area (Å²) in [7, 11) is -5.24. The normalized spacial score (nSPS) is 49.9. The lowest BCUT2D eigenvalue weighted by atomic mass is 9.95. The second-order valence-electron chi connectivity index (χ2n) is 11.7. The molecule has 0 amide bonds. The molecule has 0 unspecified atom stereocenters. The molecule has 0 spiro atoms. The maximum atomic E-state index is 11.2. The first-order chi connectivity index (χ1) is 23.0. The molecule has 24 nitrogen and oxygen atoms in total. The van der Waals surface area contributed by atoms with Crippen LogP contribution in [0.25, 0.3) is 0 Å². The van der Waals surface area contributed by atoms with Crippen molar-refractivity contribution in [2.45, 2.75) is 123 Å². The van der Waals surface area contributed by atoms with E-state index in [1.165, 1.54) is 0 Å². The molecule has 49 heavy (non-hydrogen) atoms. The number of hydrogen-bond acceptors (Lipinski definition) is 22. The molecule has 0 bridgehead atoms. The van der Waals surface area contributed by atoms with Crippen LogP contribution in [-0.2, 0) is 42.2 Å². The largest absolute Gasteiger partial charge is 0.472 e. The number of aliphatic hydroxyl groups is 13. The Labute approximate surface area is 275 Å². The Balaban J connectivity index is 1.43. The van der Waals surface area contributed by atoms with Crippen molar-refractivity contribution in [3.05, 3.63) is 0 Å². The van der Waals surface area contributed by atoms with E-state index in [2.05, 4.69) is 4.52 Å². The van der Waals surface area contributed by atoms with Gasteiger partial charge in [0, 0.05) is 0 Å². The highest BCUT2D eigenvalue weighted by Gasteiger charge is 2.55. The standard InChI is InChI=1S/C24H43O24P/c25-1-5-9(29)10(30)14(34)21(41-5)45-18-6(2-26)42-22(15(35)11(18)31)46-19-7(3-27)43-23(16(36)12(19)32)47-20-8(4-28)44-24(17(37)13(20)33)48-49(38,39)40/h5-37H,1-4H2,(H2,38,39,40)/t5-,6-,7-,8-,9-,10+,11-,12-,13-,14-,15-,16-,17-,18-,19-,20-,21-,22-,23-,24-/m1/s1. The molecule has 0 saturated carbocycles. The first-order valence-corrected chi connectivity index (χ1v) is 16.4. The van der Waals surface area contributed by atoms with Crippen LogP contribution in [-0.4, -0.2) is 225 Å². The summed E-state index contributed by atoms with van der Waals surface area (Å²) in [6.45, 7) is -3.69. The van der Waals surface area contributed by atoms with Gasteiger partial charge < -0.3 is 109 Å². The molecule has 4 saturated heterocycles. The van der Waals surface area contributed by atoms with Gasteiger partial charge in [0.15, 0.2) is 25.2 Å². The summed E-state index contributed by atoms with van der Waals surface area (Å²) >= 11 is 0. The summed E-state index contributed by atoms with van der Waals surface area (Å²) in [5.41, 5.74) is 0. The number of rotatable bonds is 12. The molecule has 0 aromatic rings. The number of hydrogen-bond donors (Lipinski definition) is 15. The van der Waals surface area contributed by atoms with Crippen LogP contribution in [0.1, 0.15) is 0 Å². The second kappa shape index (κ2) is 17.0. The average Bonchev–Trinajstić information content (AvgIpc) is 3.06. The predicted octanol–water partition coefficient (Wildman–Crippen LogP) is -9.63. The van der Waals surface area contributed by atoms with Gasteiger partial charge in [0.2, 0.25) is 0 Å². The molecule has 4 aliphatic heterocycles. The Morgan fingerprint density at radius 1 is 0.408 bits per heavy atom. The Morgan fingerprint density at radius 2 is 0.694 bits per heavy atom. The van der Waals surface area contributed by atoms with E-state index >= 15 is 0 Å². The van der Waals surface area contributed by atoms with E-state index in [-0.39, 0.29) is 0 Å². The molecular weight excluding hydrogens is 703 g/mol. The van der Waals surface area contributed by atoms with Crippen molar-refractivity contribution in [2.24, 2.45) is 0 Å². The zero-order chi connectivity index (χ0) is 36.5. The smallest absolute Gasteiger partial charge is 0.394 e. The SMILES string of the molecule is O=P(O)(O)O[C@H]1O[C@H](CO)[C@@H](O[C@H]2O[C@H](CO)[C@@H](O[C@H]3O[C@H](CO)[C@@H](O[C@H]4O[C@H](CO)[C@@H](O)[C@H](O)[C@H]4O)[C@H](O)[C@H]3O)[C@H](O)[C@H]2O)[C@H](O)[C@H]1O. The Bertz CT molecular complexity index is 1080. The molecule has 0 aromatic heterocycles. The van der Waals surface area contributed by atoms with Crippen molar-refractivity contribution >= 4 is 7.82 Å². The molecule has 288 valence electrons. The molecule has 4 heterocycles. The van der Waals surface area contributed by atoms with Crippen molar-refractivity contribution in [3.8, 4) is 0 Å². The predicted molar refractivity (Wildman–Crippen MR) is 145 cm³/mol. The van der Waals surface area contributed by atoms with Crippen LogP contribution in [0.15, 0.2) is 0 Å². The van der Waals surface area contributed by atoms with E-state index in [0.717, 1.165) is 0 Å². The molecule has 20 atom stereocenters. The van der Waals surface area contributed by atoms with Gasteiger partial charge in [-0.05, 0) is 0 Å². The van der Waals surface area contributed by atoms with Crippen molar-refractivity contribution in [3.63, 3.8) is 0 Å². The lowest BCUT2D eigenvalue weighted by Gasteiger charge is -2.49. The second-order valence-corrected chi connectivity index (χ2v) is 12.9. The Morgan fingerprint density at radius 3 is 1.02 bits per heavy atom. The minimum atomic E-state index is -5.24. The van der Waals surface area contributed by atoms with Crippen molar-refractivity contribution in [2.75, 3.05) is 26.4 Å². The van der Waals surface area contributed by atoms with Crippen LogP contribution < -0.4 is 0 Å². The lowest BCUT2D eigenvalue weighted by molar-refractivity contribution is -0.387. The van der Waals surface area contributed by atoms with Crippen LogP contribution in [0.5, 0.6) is 0 Å². The zero-order valence-corrected chi connectivity index (χ0v) is 26.1. The monoisotopic (exact) mass is 746 g/mol. The number of phosphoric ester groups is 1. The third-order valence-corrected chi connectivity index (χ3v) is 8.91. The van der Waals surface area contributed by atoms with Crippen LogP contribution in [0.3, 0.4) is 0 Å². The van der Waals surface area contributed by atoms with Crippen molar-refractivity contribution < 1.29 is 118 Å². The zero-order valence-electron chi connectivity index (χ0n) is 25.2. The van der Waals surface area contributed by atoms with Crippen LogP contribution in [0.2, 0.25) is 0 Å². The van der Waals surface area contributed by atoms with E-state index in [0.29, 0.717) is 0 Å². The third kappa shape index (κ3) is 8.93. The molecule has 4 fully saturated rings. The molecule has 15 N–H and O–H groups in total. The maximum absolute atomic E-state index is 11.2. The fourth-order valence-electron chi connectivity index (χ4n) is 5.75. The summed E-state index contributed by atoms with van der Waals surface area (Å²) in [6.07, 6.45) is -37.3. The van der Waals surface area contributed by atoms with Crippen LogP contribution in [0.4, 0.5) is 0 Å². The number of phosphoric acid groups is 1. The minimum Gasteiger partial charge on any atom is -0.394 e. The van der Waals surface area contributed by atoms with Crippen molar-refractivity contribution in [1.29, 1.82) is 0 Å². The van der Waals surface area contributed by atoms with Gasteiger partial charge in [0.25, 0.3) is 0 Å². The summed E-state index contributed by atoms with van der Waals surface area (Å²) < 4.78 is 53.2. The lowest BCUT2D eigenvalue weighted by Crippen LogP contribution is -2.67. The number of ether oxygens (including phenoxy) is 7. The van der Waals surface area contributed by atoms with Gasteiger partial charge in [-0.1, -0.05) is 0 Å². The Hall–Kier alpha value is -0.690. The highest BCUT2D eigenvalue weighted by molar-refractivity contribution is 7.46. The summed E-state index contributed by atoms with van der Waals surface area (Å²) in [6, 6.07) is 0. The van der Waals surface area contributed by atoms with Gasteiger partial charge in [0.05, 0.1) is 26.4 Å². The van der Waals surface area contributed by atoms with Crippen LogP contribution >= 0.6 is 7.82 Å². The van der Waals surface area contributed by atoms with Gasteiger partial charge in [-0.15, -0.1) is 0 Å². The first-order valence-electron chi connectivity index (χ1n) is 14.9. The summed E-state index contributed by atoms with van der Waals surface area (Å²) in [5.74, 6) is 0. The fraction of sp³-hybridized carbons (Fsp3) is 1.00. The minimum absolute atomic E-state index is 0.806. The molecule has 0 aromatic carbocycles. The highest BCUT2D eigenvalue weighted by Crippen LogP contribution is 2.41. The molecule has 0 radical (unpaired) electrons. The third-order valence-electron chi connectivity index (χ3n) is 8.43. The summed E-state index contributed by atoms with van der Waals surface area (Å²) in [4.78, 5) is 18.0. The molecule has 4 rings (SSSR count). The van der Waals surface area contributed by atoms with Gasteiger partial charge >= 0.3 is 7.82 Å². The topological polar surface area (TPSA) is 394 Å². The van der Waals surface area contributed by atoms with Crippen molar-refractivity contribution in [1.82, 2.24) is 0 Å². The van der Waals surface area contributed by atoms with E-state index in [1.807, 2.05) is 0 Å². The maximum Gasteiger partial charge on any atom is 0.472 e. The van der Waals surface area contributed by atoms with E-state index < -0.39 is 157 Å². The Kier molecular flexibility index (Phi) is 14.2. The van der Waals surface area contributed by atoms with Gasteiger partial charge in [-0.25, -0.2) is 4.57 Å². The van der Waals surface area contributed by atoms with Crippen LogP contribution in [0, 0.1) is 0 Å². The summed E-state index contributed by atoms with van der Waals surface area (Å²) in [5, 5.41) is 134. The molecule has 4 aliphatic rings. The quantitative estimate of drug-likeness (QED) is 0.0824. The van der Waals surface area contributed by atoms with Gasteiger partial charge in [0.1, 0.15) is 97.7 Å². The van der Waals surface area contributed by atoms with E-state index in [9.17, 15) is 70.9 Å². The first kappa shape index (κ1) is 41.1. The van der Waals surface area contributed by atoms with Gasteiger partial charge in [-0.2, -0.15) is 0 Å². The fourth-order valence-corrected chi connectivity index (χ4v) is 6.20. The van der Waals surface area contributed by atoms with E-state index in [4.69, 9.17) is 42.9 Å². The average molecular weight is 747 g/mol. The highest BCUT2D eigenvalue weighted by atomic mass is 31.2. The number of aliphatic hydroxyl groups excluding tert-OH is 13. The molecular formula is C24H43O24P. The molecule has 25 heteroatoms. The van der Waals surface area contributed by atoms with Gasteiger partial charge in [-0.3, -0.25) is 4.52 Å².